The molecule has 0 amide bonds. The topological polar surface area (TPSA) is 23.4 Å². The lowest BCUT2D eigenvalue weighted by Crippen LogP contribution is -2.67. The van der Waals surface area contributed by atoms with E-state index in [1.807, 2.05) is 42.5 Å². The van der Waals surface area contributed by atoms with Crippen LogP contribution in [0.25, 0.3) is 27.9 Å². The molecule has 74 heavy (non-hydrogen) atoms. The fraction of sp³-hybridized carbons (Fsp3) is 0.208. The van der Waals surface area contributed by atoms with Crippen molar-refractivity contribution >= 4 is 193 Å². The van der Waals surface area contributed by atoms with Crippen LogP contribution < -0.4 is 0 Å². The summed E-state index contributed by atoms with van der Waals surface area (Å²) in [6, 6.07) is 55.9. The van der Waals surface area contributed by atoms with Crippen molar-refractivity contribution in [2.24, 2.45) is 0 Å². The van der Waals surface area contributed by atoms with Crippen molar-refractivity contribution in [1.29, 1.82) is 0 Å². The quantitative estimate of drug-likeness (QED) is 0.0964. The van der Waals surface area contributed by atoms with Gasteiger partial charge in [0.1, 0.15) is 0 Å². The van der Waals surface area contributed by atoms with Gasteiger partial charge in [-0.1, -0.05) is 165 Å². The highest BCUT2D eigenvalue weighted by molar-refractivity contribution is 8.05. The summed E-state index contributed by atoms with van der Waals surface area (Å²) in [5, 5.41) is 2.69. The maximum absolute atomic E-state index is 5.92. The molecule has 1 aromatic heterocycles. The lowest BCUT2D eigenvalue weighted by molar-refractivity contribution is 0.107. The fourth-order valence-corrected chi connectivity index (χ4v) is 8.77. The molecule has 0 N–H and O–H groups in total. The first-order valence-electron chi connectivity index (χ1n) is 25.1. The second kappa shape index (κ2) is 33.4. The number of hydrogen-bond donors (Lipinski definition) is 0. The van der Waals surface area contributed by atoms with Gasteiger partial charge in [-0.3, -0.25) is 0 Å². The predicted octanol–water partition coefficient (Wildman–Crippen LogP) is 3.94. The molecule has 7 aromatic rings. The largest absolute Gasteiger partial charge is 0.372 e. The van der Waals surface area contributed by atoms with Crippen molar-refractivity contribution in [3.8, 4) is 0 Å². The van der Waals surface area contributed by atoms with Crippen LogP contribution >= 0.6 is 0 Å². The average molecular weight is 921 g/mol. The summed E-state index contributed by atoms with van der Waals surface area (Å²) >= 11 is 0. The third-order valence-corrected chi connectivity index (χ3v) is 12.9. The minimum Gasteiger partial charge on any atom is -0.372 e. The zero-order chi connectivity index (χ0) is 54.2. The molecule has 1 heterocycles. The molecule has 2 atom stereocenters. The van der Waals surface area contributed by atoms with Gasteiger partial charge in [0.25, 0.3) is 0 Å². The summed E-state index contributed by atoms with van der Waals surface area (Å²) in [7, 11) is 71.4. The van der Waals surface area contributed by atoms with E-state index in [-0.39, 0.29) is 6.39 Å². The fourth-order valence-electron chi connectivity index (χ4n) is 8.77. The number of aromatic nitrogens is 1. The van der Waals surface area contributed by atoms with E-state index in [1.165, 1.54) is 56.7 Å². The monoisotopic (exact) mass is 925 g/mol. The summed E-state index contributed by atoms with van der Waals surface area (Å²) in [6.45, 7) is 11.0. The van der Waals surface area contributed by atoms with Gasteiger partial charge in [0.15, 0.2) is 0 Å². The number of rotatable bonds is 22. The first-order chi connectivity index (χ1) is 35.5. The molecular weight excluding hydrogens is 871 g/mol. The van der Waals surface area contributed by atoms with E-state index in [2.05, 4.69) is 146 Å². The van der Waals surface area contributed by atoms with Crippen molar-refractivity contribution in [3.63, 3.8) is 0 Å². The Labute approximate surface area is 466 Å². The van der Waals surface area contributed by atoms with E-state index in [0.29, 0.717) is 38.4 Å². The molecule has 27 radical (unpaired) electrons. The Morgan fingerprint density at radius 3 is 1.22 bits per heavy atom. The van der Waals surface area contributed by atoms with Crippen LogP contribution in [0.1, 0.15) is 72.0 Å². The van der Waals surface area contributed by atoms with Crippen molar-refractivity contribution in [1.82, 2.24) is 4.57 Å². The van der Waals surface area contributed by atoms with Gasteiger partial charge in [0.2, 0.25) is 0 Å². The lowest BCUT2D eigenvalue weighted by Gasteiger charge is -2.29. The van der Waals surface area contributed by atoms with Crippen LogP contribution in [0, 0.1) is 0 Å². The molecule has 26 heteroatoms. The minimum atomic E-state index is -0.723. The normalized spacial score (nSPS) is 11.1. The van der Waals surface area contributed by atoms with Crippen LogP contribution in [0.5, 0.6) is 0 Å². The molecule has 0 aliphatic rings. The molecular formula is C48H49B23NO2. The highest BCUT2D eigenvalue weighted by atomic mass is 16.5. The molecule has 0 saturated carbocycles. The Kier molecular flexibility index (Phi) is 28.4. The Morgan fingerprint density at radius 2 is 0.878 bits per heavy atom. The maximum atomic E-state index is 5.92. The van der Waals surface area contributed by atoms with Gasteiger partial charge in [0.05, 0.1) is 26.4 Å². The molecule has 3 nitrogen and oxygen atoms in total. The summed E-state index contributed by atoms with van der Waals surface area (Å²) < 4.78 is 14.1. The van der Waals surface area contributed by atoms with Crippen molar-refractivity contribution in [3.05, 3.63) is 198 Å². The second-order valence-corrected chi connectivity index (χ2v) is 18.6. The number of hydrogen-bond acceptors (Lipinski definition) is 2. The van der Waals surface area contributed by atoms with Crippen molar-refractivity contribution < 1.29 is 9.47 Å². The number of benzene rings is 6. The van der Waals surface area contributed by atoms with E-state index < -0.39 is 51.1 Å². The summed E-state index contributed by atoms with van der Waals surface area (Å²) in [6.07, 6.45) is -1.29. The molecule has 0 spiro atoms. The van der Waals surface area contributed by atoms with E-state index >= 15 is 0 Å². The first kappa shape index (κ1) is 62.8. The van der Waals surface area contributed by atoms with Gasteiger partial charge < -0.3 is 14.0 Å². The zero-order valence-electron chi connectivity index (χ0n) is 43.2. The predicted molar refractivity (Wildman–Crippen MR) is 347 cm³/mol. The lowest BCUT2D eigenvalue weighted by atomic mass is 8.53. The van der Waals surface area contributed by atoms with Gasteiger partial charge in [-0.25, -0.2) is 0 Å². The molecule has 0 bridgehead atoms. The average Bonchev–Trinajstić information content (AvgIpc) is 3.73. The van der Waals surface area contributed by atoms with Gasteiger partial charge in [-0.05, 0) is 71.2 Å². The van der Waals surface area contributed by atoms with E-state index in [9.17, 15) is 0 Å². The van der Waals surface area contributed by atoms with Crippen LogP contribution in [0.2, 0.25) is 0 Å². The molecule has 0 fully saturated rings. The maximum Gasteiger partial charge on any atom is 0.0721 e. The summed E-state index contributed by atoms with van der Waals surface area (Å²) in [5.74, 6) is 0.522. The van der Waals surface area contributed by atoms with Gasteiger partial charge in [-0.15, -0.1) is 0 Å². The van der Waals surface area contributed by atoms with Crippen LogP contribution in [-0.2, 0) is 35.9 Å². The van der Waals surface area contributed by atoms with E-state index in [0.717, 1.165) is 18.4 Å². The third kappa shape index (κ3) is 20.0. The molecule has 2 unspecified atom stereocenters. The van der Waals surface area contributed by atoms with E-state index in [1.54, 1.807) is 0 Å². The number of para-hydroxylation sites is 2. The minimum absolute atomic E-state index is 0.389. The summed E-state index contributed by atoms with van der Waals surface area (Å²) in [4.78, 5) is 0. The highest BCUT2D eigenvalue weighted by Gasteiger charge is 2.30. The highest BCUT2D eigenvalue weighted by Crippen LogP contribution is 2.36. The molecule has 7 rings (SSSR count). The SMILES string of the molecule is C=Cc1ccc(COCc2ccccc2)cc1.CCC(CC(C)n1c2ccccc2c2ccccc21)c1ccc(COCc2ccccc2)cc1.[B]B([B])B([B])B(B([B])[B])B([B])[B].[B][B]B([B])B(B([B])[B])B([B])[B]. The molecule has 327 valence electrons. The van der Waals surface area contributed by atoms with Crippen LogP contribution in [0.15, 0.2) is 164 Å². The molecule has 0 aliphatic carbocycles. The van der Waals surface area contributed by atoms with E-state index in [4.69, 9.17) is 110 Å². The molecule has 0 saturated heterocycles. The van der Waals surface area contributed by atoms with Gasteiger partial charge in [0, 0.05) is 193 Å². The third-order valence-electron chi connectivity index (χ3n) is 12.9. The Morgan fingerprint density at radius 1 is 0.500 bits per heavy atom. The van der Waals surface area contributed by atoms with Gasteiger partial charge >= 0.3 is 0 Å². The number of ether oxygens (including phenoxy) is 2. The Balaban J connectivity index is 0.000000247. The number of nitrogens with zero attached hydrogens (tertiary/aromatic N) is 1. The van der Waals surface area contributed by atoms with Crippen LogP contribution in [0.3, 0.4) is 0 Å². The van der Waals surface area contributed by atoms with Crippen molar-refractivity contribution in [2.45, 2.75) is 65.1 Å². The zero-order valence-corrected chi connectivity index (χ0v) is 43.2. The Hall–Kier alpha value is -3.73. The molecule has 6 aromatic carbocycles. The summed E-state index contributed by atoms with van der Waals surface area (Å²) in [5.41, 5.74) is 10.0. The van der Waals surface area contributed by atoms with Crippen LogP contribution in [0.4, 0.5) is 0 Å². The smallest absolute Gasteiger partial charge is 0.0721 e. The van der Waals surface area contributed by atoms with Crippen LogP contribution in [-0.4, -0.2) is 170 Å². The number of fused-ring (bicyclic) bond motifs is 3. The van der Waals surface area contributed by atoms with Crippen molar-refractivity contribution in [2.75, 3.05) is 0 Å². The Bertz CT molecular complexity index is 2560. The second-order valence-electron chi connectivity index (χ2n) is 18.6. The van der Waals surface area contributed by atoms with Gasteiger partial charge in [-0.2, -0.15) is 0 Å². The molecule has 0 aliphatic heterocycles. The first-order valence-corrected chi connectivity index (χ1v) is 25.1. The standard InChI is InChI=1S/C32H33NO.C16H16O.B12.B11/c1-3-27(28-19-17-26(18-20-28)23-34-22-25-11-5-4-6-12-25)21-24(2)33-31-15-9-7-13-29(31)30-14-8-10-16-32(30)33;1-2-14-8-10-16(11-9-14)13-17-12-15-6-4-3-5-7-15;1-8(2)11(7)12(9(3)4)10(5)6;1-7-10(6)11(8(2)3)9(4)5/h4-20,24,27H,3,21-23H2,1-2H3;2-11H,1,12-13H2;;.